The summed E-state index contributed by atoms with van der Waals surface area (Å²) in [6.07, 6.45) is 10.3. The number of hydrogen-bond donors (Lipinski definition) is 2. The number of rotatable bonds is 10. The van der Waals surface area contributed by atoms with Gasteiger partial charge in [0.2, 0.25) is 0 Å². The van der Waals surface area contributed by atoms with E-state index >= 15 is 0 Å². The van der Waals surface area contributed by atoms with Crippen LogP contribution in [-0.2, 0) is 9.63 Å². The van der Waals surface area contributed by atoms with Crippen molar-refractivity contribution in [2.45, 2.75) is 72.1 Å². The van der Waals surface area contributed by atoms with Crippen molar-refractivity contribution in [1.82, 2.24) is 15.1 Å². The lowest BCUT2D eigenvalue weighted by molar-refractivity contribution is -0.117. The number of allylic oxidation sites excluding steroid dienone is 1. The van der Waals surface area contributed by atoms with E-state index < -0.39 is 6.09 Å². The Labute approximate surface area is 229 Å². The van der Waals surface area contributed by atoms with Gasteiger partial charge >= 0.3 is 6.09 Å². The third kappa shape index (κ3) is 5.87. The summed E-state index contributed by atoms with van der Waals surface area (Å²) >= 11 is 0. The van der Waals surface area contributed by atoms with E-state index in [1.165, 1.54) is 31.3 Å². The average Bonchev–Trinajstić information content (AvgIpc) is 3.23. The molecular formula is C30H51N5O3. The second-order valence-electron chi connectivity index (χ2n) is 13.1. The highest BCUT2D eigenvalue weighted by atomic mass is 16.7. The van der Waals surface area contributed by atoms with Crippen LogP contribution in [0.3, 0.4) is 0 Å². The maximum Gasteiger partial charge on any atom is 0.436 e. The molecule has 0 unspecified atom stereocenters. The smallest absolute Gasteiger partial charge is 0.329 e. The number of nitrogens with two attached hydrogens (primary N) is 1. The Morgan fingerprint density at radius 1 is 1.08 bits per heavy atom. The van der Waals surface area contributed by atoms with Crippen LogP contribution in [0.5, 0.6) is 0 Å². The second kappa shape index (κ2) is 12.2. The van der Waals surface area contributed by atoms with Gasteiger partial charge in [0.05, 0.1) is 5.71 Å². The van der Waals surface area contributed by atoms with Crippen molar-refractivity contribution in [3.05, 3.63) is 11.6 Å². The van der Waals surface area contributed by atoms with Gasteiger partial charge in [-0.25, -0.2) is 4.79 Å². The number of likely N-dealkylation sites (N-methyl/N-ethyl adjacent to an activating group) is 1. The van der Waals surface area contributed by atoms with Crippen molar-refractivity contribution in [2.24, 2.45) is 45.4 Å². The zero-order valence-electron chi connectivity index (χ0n) is 24.4. The van der Waals surface area contributed by atoms with Crippen molar-refractivity contribution >= 4 is 17.6 Å². The number of oxime groups is 1. The first kappa shape index (κ1) is 29.2. The third-order valence-corrected chi connectivity index (χ3v) is 10.7. The topological polar surface area (TPSA) is 100 Å². The van der Waals surface area contributed by atoms with E-state index in [0.29, 0.717) is 62.1 Å². The Morgan fingerprint density at radius 2 is 1.84 bits per heavy atom. The molecule has 0 radical (unpaired) electrons. The molecule has 0 heterocycles. The first-order valence-corrected chi connectivity index (χ1v) is 14.9. The molecule has 4 aliphatic carbocycles. The summed E-state index contributed by atoms with van der Waals surface area (Å²) in [5.41, 5.74) is 8.52. The number of ketones is 1. The SMILES string of the molecule is C/C(=N\OC(=O)N(CCN)CCNCCN(C)C)[C@H]1CC[C@H]2[C@@H]3CCC4=CC(=O)CC[C@]4(C)[C@H]3CC[C@]12C. The molecule has 3 saturated carbocycles. The van der Waals surface area contributed by atoms with E-state index in [-0.39, 0.29) is 10.8 Å². The highest BCUT2D eigenvalue weighted by molar-refractivity contribution is 5.91. The first-order chi connectivity index (χ1) is 18.1. The summed E-state index contributed by atoms with van der Waals surface area (Å²) in [6.45, 7) is 10.9. The lowest BCUT2D eigenvalue weighted by Crippen LogP contribution is -2.51. The maximum atomic E-state index is 12.8. The van der Waals surface area contributed by atoms with Gasteiger partial charge < -0.3 is 20.9 Å². The number of nitrogens with one attached hydrogen (secondary N) is 1. The van der Waals surface area contributed by atoms with Gasteiger partial charge in [-0.2, -0.15) is 0 Å². The van der Waals surface area contributed by atoms with Gasteiger partial charge in [-0.3, -0.25) is 9.63 Å². The maximum absolute atomic E-state index is 12.8. The van der Waals surface area contributed by atoms with Crippen LogP contribution in [0.15, 0.2) is 16.8 Å². The molecule has 6 atom stereocenters. The highest BCUT2D eigenvalue weighted by Crippen LogP contribution is 2.66. The molecule has 3 fully saturated rings. The number of amides is 1. The average molecular weight is 530 g/mol. The molecule has 0 spiro atoms. The molecule has 1 amide bonds. The number of fused-ring (bicyclic) bond motifs is 5. The minimum Gasteiger partial charge on any atom is -0.329 e. The molecule has 0 aromatic carbocycles. The van der Waals surface area contributed by atoms with Crippen LogP contribution in [0.25, 0.3) is 0 Å². The van der Waals surface area contributed by atoms with Gasteiger partial charge in [0, 0.05) is 51.6 Å². The van der Waals surface area contributed by atoms with Gasteiger partial charge in [0.25, 0.3) is 0 Å². The normalized spacial score (nSPS) is 34.9. The van der Waals surface area contributed by atoms with Crippen LogP contribution in [0.4, 0.5) is 4.79 Å². The minimum atomic E-state index is -0.418. The Balaban J connectivity index is 1.37. The van der Waals surface area contributed by atoms with Gasteiger partial charge in [-0.05, 0) is 101 Å². The fourth-order valence-corrected chi connectivity index (χ4v) is 8.57. The van der Waals surface area contributed by atoms with E-state index in [0.717, 1.165) is 38.1 Å². The Bertz CT molecular complexity index is 933. The van der Waals surface area contributed by atoms with Crippen LogP contribution < -0.4 is 11.1 Å². The fourth-order valence-electron chi connectivity index (χ4n) is 8.57. The van der Waals surface area contributed by atoms with Crippen molar-refractivity contribution in [3.8, 4) is 0 Å². The monoisotopic (exact) mass is 529 g/mol. The first-order valence-electron chi connectivity index (χ1n) is 14.9. The molecule has 3 N–H and O–H groups in total. The Kier molecular flexibility index (Phi) is 9.36. The van der Waals surface area contributed by atoms with Gasteiger partial charge in [0.1, 0.15) is 0 Å². The van der Waals surface area contributed by atoms with Crippen molar-refractivity contribution in [2.75, 3.05) is 53.4 Å². The highest BCUT2D eigenvalue weighted by Gasteiger charge is 2.59. The zero-order valence-corrected chi connectivity index (χ0v) is 24.4. The number of carbonyl (C=O) groups is 2. The number of nitrogens with zero attached hydrogens (tertiary/aromatic N) is 3. The van der Waals surface area contributed by atoms with Crippen molar-refractivity contribution in [3.63, 3.8) is 0 Å². The van der Waals surface area contributed by atoms with Crippen LogP contribution in [0.2, 0.25) is 0 Å². The molecule has 0 aliphatic heterocycles. The number of carbonyl (C=O) groups excluding carboxylic acids is 2. The van der Waals surface area contributed by atoms with E-state index in [4.69, 9.17) is 10.6 Å². The lowest BCUT2D eigenvalue weighted by atomic mass is 9.46. The quantitative estimate of drug-likeness (QED) is 0.192. The van der Waals surface area contributed by atoms with E-state index in [1.807, 2.05) is 27.1 Å². The molecule has 214 valence electrons. The van der Waals surface area contributed by atoms with E-state index in [1.54, 1.807) is 4.90 Å². The van der Waals surface area contributed by atoms with E-state index in [9.17, 15) is 9.59 Å². The molecule has 0 aromatic rings. The zero-order chi connectivity index (χ0) is 27.5. The van der Waals surface area contributed by atoms with Gasteiger partial charge in [-0.1, -0.05) is 24.6 Å². The molecule has 4 rings (SSSR count). The molecular weight excluding hydrogens is 478 g/mol. The standard InChI is InChI=1S/C30H51N5O3/c1-21(33-38-28(37)35(17-14-31)19-16-32-15-18-34(4)5)25-8-9-26-24-7-6-22-20-23(36)10-12-29(22,2)27(24)11-13-30(25,26)3/h20,24-27,32H,6-19,31H2,1-5H3/b33-21+/t24-,25+,26-,27-,29-,30+/m0/s1. The van der Waals surface area contributed by atoms with Crippen molar-refractivity contribution < 1.29 is 14.4 Å². The second-order valence-corrected chi connectivity index (χ2v) is 13.1. The summed E-state index contributed by atoms with van der Waals surface area (Å²) in [7, 11) is 4.09. The van der Waals surface area contributed by atoms with Crippen LogP contribution in [0, 0.1) is 34.5 Å². The fraction of sp³-hybridized carbons (Fsp3) is 0.833. The van der Waals surface area contributed by atoms with Crippen molar-refractivity contribution in [1.29, 1.82) is 0 Å². The largest absolute Gasteiger partial charge is 0.436 e. The summed E-state index contributed by atoms with van der Waals surface area (Å²) < 4.78 is 0. The predicted octanol–water partition coefficient (Wildman–Crippen LogP) is 4.06. The molecule has 8 nitrogen and oxygen atoms in total. The molecule has 0 bridgehead atoms. The summed E-state index contributed by atoms with van der Waals surface area (Å²) in [5, 5.41) is 7.78. The Morgan fingerprint density at radius 3 is 2.58 bits per heavy atom. The molecule has 0 saturated heterocycles. The van der Waals surface area contributed by atoms with Crippen LogP contribution in [-0.4, -0.2) is 80.8 Å². The number of hydrogen-bond acceptors (Lipinski definition) is 7. The third-order valence-electron chi connectivity index (χ3n) is 10.7. The minimum absolute atomic E-state index is 0.191. The van der Waals surface area contributed by atoms with Gasteiger partial charge in [0.15, 0.2) is 5.78 Å². The predicted molar refractivity (Wildman–Crippen MR) is 152 cm³/mol. The van der Waals surface area contributed by atoms with Crippen LogP contribution in [0.1, 0.15) is 72.1 Å². The van der Waals surface area contributed by atoms with E-state index in [2.05, 4.69) is 29.2 Å². The molecule has 4 aliphatic rings. The molecule has 0 aromatic heterocycles. The summed E-state index contributed by atoms with van der Waals surface area (Å²) in [5.74, 6) is 2.73. The summed E-state index contributed by atoms with van der Waals surface area (Å²) in [4.78, 5) is 34.2. The summed E-state index contributed by atoms with van der Waals surface area (Å²) in [6, 6.07) is 0. The molecule has 38 heavy (non-hydrogen) atoms. The Hall–Kier alpha value is -1.77. The van der Waals surface area contributed by atoms with Gasteiger partial charge in [-0.15, -0.1) is 0 Å². The molecule has 8 heteroatoms. The lowest BCUT2D eigenvalue weighted by Gasteiger charge is -2.58. The van der Waals surface area contributed by atoms with Crippen LogP contribution >= 0.6 is 0 Å².